The monoisotopic (exact) mass is 388 g/mol. The van der Waals surface area contributed by atoms with E-state index in [9.17, 15) is 4.79 Å². The van der Waals surface area contributed by atoms with Crippen LogP contribution in [0.25, 0.3) is 0 Å². The molecule has 1 fully saturated rings. The molecule has 8 heteroatoms. The minimum absolute atomic E-state index is 0.0681. The maximum atomic E-state index is 10.9. The topological polar surface area (TPSA) is 89.6 Å². The molecule has 0 bridgehead atoms. The SMILES string of the molecule is CCOc1ccc(/C=N\n2c(SCC(=O)O)nnc2C2CCCCC2)cc1. The van der Waals surface area contributed by atoms with Gasteiger partial charge in [-0.3, -0.25) is 4.79 Å². The third-order valence-corrected chi connectivity index (χ3v) is 5.35. The molecule has 3 rings (SSSR count). The summed E-state index contributed by atoms with van der Waals surface area (Å²) in [5.74, 6) is 1.01. The maximum absolute atomic E-state index is 10.9. The highest BCUT2D eigenvalue weighted by molar-refractivity contribution is 7.99. The van der Waals surface area contributed by atoms with Gasteiger partial charge >= 0.3 is 5.97 Å². The molecule has 1 saturated carbocycles. The van der Waals surface area contributed by atoms with E-state index in [0.717, 1.165) is 41.7 Å². The van der Waals surface area contributed by atoms with Crippen molar-refractivity contribution in [1.82, 2.24) is 14.9 Å². The highest BCUT2D eigenvalue weighted by Crippen LogP contribution is 2.33. The van der Waals surface area contributed by atoms with Gasteiger partial charge in [-0.25, -0.2) is 0 Å². The number of aliphatic carboxylic acids is 1. The summed E-state index contributed by atoms with van der Waals surface area (Å²) >= 11 is 1.14. The average molecular weight is 388 g/mol. The maximum Gasteiger partial charge on any atom is 0.313 e. The van der Waals surface area contributed by atoms with Crippen LogP contribution in [0.5, 0.6) is 5.75 Å². The number of hydrogen-bond acceptors (Lipinski definition) is 6. The van der Waals surface area contributed by atoms with Crippen molar-refractivity contribution in [3.05, 3.63) is 35.7 Å². The minimum atomic E-state index is -0.885. The number of carbonyl (C=O) groups is 1. The second-order valence-electron chi connectivity index (χ2n) is 6.42. The van der Waals surface area contributed by atoms with Gasteiger partial charge in [-0.1, -0.05) is 31.0 Å². The Bertz CT molecular complexity index is 783. The van der Waals surface area contributed by atoms with Crippen LogP contribution in [0, 0.1) is 0 Å². The first-order chi connectivity index (χ1) is 13.2. The Labute approximate surface area is 162 Å². The first-order valence-electron chi connectivity index (χ1n) is 9.24. The largest absolute Gasteiger partial charge is 0.494 e. The fraction of sp³-hybridized carbons (Fsp3) is 0.474. The number of aromatic nitrogens is 3. The van der Waals surface area contributed by atoms with Crippen molar-refractivity contribution >= 4 is 23.9 Å². The summed E-state index contributed by atoms with van der Waals surface area (Å²) < 4.78 is 7.16. The smallest absolute Gasteiger partial charge is 0.313 e. The molecule has 27 heavy (non-hydrogen) atoms. The number of benzene rings is 1. The number of hydrogen-bond donors (Lipinski definition) is 1. The van der Waals surface area contributed by atoms with Gasteiger partial charge in [0.25, 0.3) is 0 Å². The predicted molar refractivity (Wildman–Crippen MR) is 105 cm³/mol. The molecule has 0 atom stereocenters. The van der Waals surface area contributed by atoms with Gasteiger partial charge in [-0.2, -0.15) is 9.78 Å². The van der Waals surface area contributed by atoms with Gasteiger partial charge in [0.2, 0.25) is 5.16 Å². The van der Waals surface area contributed by atoms with Crippen LogP contribution in [0.15, 0.2) is 34.5 Å². The van der Waals surface area contributed by atoms with E-state index in [1.807, 2.05) is 31.2 Å². The Hall–Kier alpha value is -2.35. The fourth-order valence-electron chi connectivity index (χ4n) is 3.16. The van der Waals surface area contributed by atoms with E-state index in [2.05, 4.69) is 15.3 Å². The van der Waals surface area contributed by atoms with Gasteiger partial charge in [-0.15, -0.1) is 10.2 Å². The van der Waals surface area contributed by atoms with Crippen LogP contribution in [0.1, 0.15) is 56.3 Å². The van der Waals surface area contributed by atoms with Crippen molar-refractivity contribution in [3.8, 4) is 5.75 Å². The molecular formula is C19H24N4O3S. The Morgan fingerprint density at radius 2 is 2.04 bits per heavy atom. The molecule has 1 aromatic heterocycles. The number of rotatable bonds is 8. The van der Waals surface area contributed by atoms with Crippen molar-refractivity contribution in [2.24, 2.45) is 5.10 Å². The molecule has 0 radical (unpaired) electrons. The van der Waals surface area contributed by atoms with E-state index < -0.39 is 5.97 Å². The molecule has 144 valence electrons. The van der Waals surface area contributed by atoms with Gasteiger partial charge < -0.3 is 9.84 Å². The standard InChI is InChI=1S/C19H24N4O3S/c1-2-26-16-10-8-14(9-11-16)12-20-23-18(15-6-4-3-5-7-15)21-22-19(23)27-13-17(24)25/h8-12,15H,2-7,13H2,1H3,(H,24,25)/b20-12-. The number of carboxylic acid groups (broad SMARTS) is 1. The van der Waals surface area contributed by atoms with E-state index in [4.69, 9.17) is 9.84 Å². The lowest BCUT2D eigenvalue weighted by Crippen LogP contribution is -2.11. The van der Waals surface area contributed by atoms with Crippen LogP contribution < -0.4 is 4.74 Å². The van der Waals surface area contributed by atoms with E-state index in [-0.39, 0.29) is 5.75 Å². The average Bonchev–Trinajstić information content (AvgIpc) is 3.09. The molecule has 7 nitrogen and oxygen atoms in total. The van der Waals surface area contributed by atoms with Crippen molar-refractivity contribution in [3.63, 3.8) is 0 Å². The van der Waals surface area contributed by atoms with Crippen LogP contribution in [-0.4, -0.2) is 44.5 Å². The van der Waals surface area contributed by atoms with E-state index in [1.165, 1.54) is 19.3 Å². The fourth-order valence-corrected chi connectivity index (χ4v) is 3.77. The van der Waals surface area contributed by atoms with Crippen LogP contribution >= 0.6 is 11.8 Å². The van der Waals surface area contributed by atoms with Crippen LogP contribution in [0.4, 0.5) is 0 Å². The molecule has 1 aromatic carbocycles. The summed E-state index contributed by atoms with van der Waals surface area (Å²) in [6, 6.07) is 7.67. The summed E-state index contributed by atoms with van der Waals surface area (Å²) in [7, 11) is 0. The molecule has 2 aromatic rings. The van der Waals surface area contributed by atoms with Gasteiger partial charge in [0.15, 0.2) is 5.82 Å². The second kappa shape index (κ2) is 9.55. The Balaban J connectivity index is 1.83. The van der Waals surface area contributed by atoms with Gasteiger partial charge in [0, 0.05) is 5.92 Å². The third-order valence-electron chi connectivity index (χ3n) is 4.44. The molecular weight excluding hydrogens is 364 g/mol. The number of thioether (sulfide) groups is 1. The minimum Gasteiger partial charge on any atom is -0.494 e. The lowest BCUT2D eigenvalue weighted by molar-refractivity contribution is -0.133. The molecule has 1 aliphatic rings. The Morgan fingerprint density at radius 1 is 1.30 bits per heavy atom. The highest BCUT2D eigenvalue weighted by Gasteiger charge is 2.23. The summed E-state index contributed by atoms with van der Waals surface area (Å²) in [5.41, 5.74) is 0.927. The van der Waals surface area contributed by atoms with Gasteiger partial charge in [0.1, 0.15) is 5.75 Å². The molecule has 0 aliphatic heterocycles. The van der Waals surface area contributed by atoms with E-state index in [1.54, 1.807) is 10.9 Å². The van der Waals surface area contributed by atoms with Crippen LogP contribution in [-0.2, 0) is 4.79 Å². The quantitative estimate of drug-likeness (QED) is 0.547. The lowest BCUT2D eigenvalue weighted by Gasteiger charge is -2.20. The van der Waals surface area contributed by atoms with E-state index in [0.29, 0.717) is 17.7 Å². The van der Waals surface area contributed by atoms with Crippen LogP contribution in [0.2, 0.25) is 0 Å². The predicted octanol–water partition coefficient (Wildman–Crippen LogP) is 3.78. The summed E-state index contributed by atoms with van der Waals surface area (Å²) in [4.78, 5) is 10.9. The summed E-state index contributed by atoms with van der Waals surface area (Å²) in [6.45, 7) is 2.58. The zero-order valence-corrected chi connectivity index (χ0v) is 16.2. The van der Waals surface area contributed by atoms with Crippen molar-refractivity contribution < 1.29 is 14.6 Å². The van der Waals surface area contributed by atoms with Crippen molar-refractivity contribution in [2.75, 3.05) is 12.4 Å². The zero-order chi connectivity index (χ0) is 19.1. The van der Waals surface area contributed by atoms with Crippen LogP contribution in [0.3, 0.4) is 0 Å². The zero-order valence-electron chi connectivity index (χ0n) is 15.4. The first kappa shape index (κ1) is 19.4. The first-order valence-corrected chi connectivity index (χ1v) is 10.2. The Morgan fingerprint density at radius 3 is 2.70 bits per heavy atom. The molecule has 1 aliphatic carbocycles. The number of nitrogens with zero attached hydrogens (tertiary/aromatic N) is 4. The summed E-state index contributed by atoms with van der Waals surface area (Å²) in [6.07, 6.45) is 7.49. The lowest BCUT2D eigenvalue weighted by atomic mass is 9.89. The molecule has 0 spiro atoms. The Kier molecular flexibility index (Phi) is 6.86. The van der Waals surface area contributed by atoms with Gasteiger partial charge in [-0.05, 0) is 49.6 Å². The normalized spacial score (nSPS) is 15.3. The van der Waals surface area contributed by atoms with E-state index >= 15 is 0 Å². The third kappa shape index (κ3) is 5.32. The number of ether oxygens (including phenoxy) is 1. The highest BCUT2D eigenvalue weighted by atomic mass is 32.2. The second-order valence-corrected chi connectivity index (χ2v) is 7.36. The van der Waals surface area contributed by atoms with Crippen molar-refractivity contribution in [2.45, 2.75) is 50.1 Å². The molecule has 0 amide bonds. The number of carboxylic acids is 1. The molecule has 0 saturated heterocycles. The molecule has 1 N–H and O–H groups in total. The van der Waals surface area contributed by atoms with Crippen molar-refractivity contribution in [1.29, 1.82) is 0 Å². The summed E-state index contributed by atoms with van der Waals surface area (Å²) in [5, 5.41) is 22.6. The molecule has 0 unspecified atom stereocenters. The molecule has 1 heterocycles. The van der Waals surface area contributed by atoms with Gasteiger partial charge in [0.05, 0.1) is 18.6 Å².